The van der Waals surface area contributed by atoms with E-state index in [-0.39, 0.29) is 30.1 Å². The van der Waals surface area contributed by atoms with Crippen LogP contribution in [-0.4, -0.2) is 50.0 Å². The van der Waals surface area contributed by atoms with Crippen molar-refractivity contribution in [2.45, 2.75) is 70.0 Å². The first-order chi connectivity index (χ1) is 19.3. The monoisotopic (exact) mass is 542 g/mol. The zero-order valence-electron chi connectivity index (χ0n) is 22.3. The Hall–Kier alpha value is -4.08. The number of amides is 3. The number of benzene rings is 1. The van der Waals surface area contributed by atoms with Gasteiger partial charge in [-0.25, -0.2) is 9.37 Å². The van der Waals surface area contributed by atoms with Gasteiger partial charge in [0.1, 0.15) is 17.6 Å². The normalized spacial score (nSPS) is 24.1. The third-order valence-electron chi connectivity index (χ3n) is 8.67. The second-order valence-electron chi connectivity index (χ2n) is 11.6. The summed E-state index contributed by atoms with van der Waals surface area (Å²) in [5.41, 5.74) is 5.43. The number of hydrogen-bond donors (Lipinski definition) is 2. The number of halogens is 1. The van der Waals surface area contributed by atoms with Gasteiger partial charge >= 0.3 is 0 Å². The summed E-state index contributed by atoms with van der Waals surface area (Å²) in [7, 11) is 0. The zero-order chi connectivity index (χ0) is 27.5. The van der Waals surface area contributed by atoms with Crippen molar-refractivity contribution < 1.29 is 18.8 Å². The van der Waals surface area contributed by atoms with Crippen molar-refractivity contribution in [1.29, 1.82) is 0 Å². The molecule has 4 heterocycles. The van der Waals surface area contributed by atoms with Crippen molar-refractivity contribution in [3.63, 3.8) is 0 Å². The standard InChI is InChI=1S/C30H31FN6O3/c1-16-2-7-24(31)28(33-16)23-15-37(35-27(23)18-3-4-18)21-10-17(11-21)13-32-20-5-6-22-19(12-20)14-36(30(22)40)25-8-9-26(38)34-29(25)39/h2,5-7,12,15,17-18,21,25,32H,3-4,8-11,13-14H2,1H3,(H,34,38,39)/t17-,21-,25-/m0/s1. The molecule has 1 aromatic carbocycles. The summed E-state index contributed by atoms with van der Waals surface area (Å²) in [5, 5.41) is 10.8. The average molecular weight is 543 g/mol. The Bertz CT molecular complexity index is 1540. The number of aryl methyl sites for hydroxylation is 1. The molecule has 2 aromatic heterocycles. The van der Waals surface area contributed by atoms with E-state index >= 15 is 0 Å². The van der Waals surface area contributed by atoms with E-state index in [2.05, 4.69) is 15.6 Å². The minimum Gasteiger partial charge on any atom is -0.385 e. The van der Waals surface area contributed by atoms with E-state index in [4.69, 9.17) is 5.10 Å². The predicted octanol–water partition coefficient (Wildman–Crippen LogP) is 4.09. The first-order valence-corrected chi connectivity index (χ1v) is 14.1. The van der Waals surface area contributed by atoms with Crippen LogP contribution in [0.2, 0.25) is 0 Å². The number of anilines is 1. The molecule has 3 amide bonds. The Morgan fingerprint density at radius 2 is 1.90 bits per heavy atom. The molecule has 206 valence electrons. The number of carbonyl (C=O) groups is 3. The number of nitrogens with zero attached hydrogens (tertiary/aromatic N) is 4. The first kappa shape index (κ1) is 24.9. The van der Waals surface area contributed by atoms with Crippen LogP contribution in [0, 0.1) is 18.7 Å². The van der Waals surface area contributed by atoms with Crippen LogP contribution >= 0.6 is 0 Å². The van der Waals surface area contributed by atoms with E-state index in [1.165, 1.54) is 6.07 Å². The molecule has 1 atom stereocenters. The summed E-state index contributed by atoms with van der Waals surface area (Å²) in [4.78, 5) is 42.8. The van der Waals surface area contributed by atoms with E-state index < -0.39 is 11.9 Å². The molecule has 2 saturated carbocycles. The van der Waals surface area contributed by atoms with Crippen molar-refractivity contribution in [3.8, 4) is 11.3 Å². The summed E-state index contributed by atoms with van der Waals surface area (Å²) in [6, 6.07) is 8.56. The molecule has 0 spiro atoms. The van der Waals surface area contributed by atoms with Gasteiger partial charge in [0.25, 0.3) is 5.91 Å². The van der Waals surface area contributed by atoms with Crippen LogP contribution in [0.15, 0.2) is 36.5 Å². The second kappa shape index (κ2) is 9.53. The van der Waals surface area contributed by atoms with Crippen LogP contribution in [0.25, 0.3) is 11.3 Å². The Kier molecular flexibility index (Phi) is 5.94. The van der Waals surface area contributed by atoms with Crippen LogP contribution in [0.3, 0.4) is 0 Å². The van der Waals surface area contributed by atoms with Crippen LogP contribution in [0.5, 0.6) is 0 Å². The van der Waals surface area contributed by atoms with Gasteiger partial charge in [-0.1, -0.05) is 0 Å². The fourth-order valence-electron chi connectivity index (χ4n) is 6.19. The van der Waals surface area contributed by atoms with Gasteiger partial charge in [-0.2, -0.15) is 5.10 Å². The van der Waals surface area contributed by atoms with Gasteiger partial charge < -0.3 is 10.2 Å². The number of fused-ring (bicyclic) bond motifs is 1. The van der Waals surface area contributed by atoms with E-state index in [0.29, 0.717) is 36.1 Å². The summed E-state index contributed by atoms with van der Waals surface area (Å²) >= 11 is 0. The molecule has 7 rings (SSSR count). The predicted molar refractivity (Wildman–Crippen MR) is 145 cm³/mol. The second-order valence-corrected chi connectivity index (χ2v) is 11.6. The summed E-state index contributed by atoms with van der Waals surface area (Å²) < 4.78 is 16.7. The lowest BCUT2D eigenvalue weighted by Gasteiger charge is -2.35. The molecule has 3 aromatic rings. The minimum atomic E-state index is -0.609. The van der Waals surface area contributed by atoms with Gasteiger partial charge in [-0.05, 0) is 80.8 Å². The van der Waals surface area contributed by atoms with Gasteiger partial charge in [0.05, 0.1) is 11.7 Å². The van der Waals surface area contributed by atoms with Crippen molar-refractivity contribution in [1.82, 2.24) is 25.0 Å². The van der Waals surface area contributed by atoms with Gasteiger partial charge in [0, 0.05) is 54.1 Å². The highest BCUT2D eigenvalue weighted by Gasteiger charge is 2.39. The van der Waals surface area contributed by atoms with Crippen molar-refractivity contribution in [2.75, 3.05) is 11.9 Å². The topological polar surface area (TPSA) is 109 Å². The fourth-order valence-corrected chi connectivity index (χ4v) is 6.19. The highest BCUT2D eigenvalue weighted by molar-refractivity contribution is 6.05. The quantitative estimate of drug-likeness (QED) is 0.436. The van der Waals surface area contributed by atoms with Crippen LogP contribution in [0.1, 0.15) is 77.8 Å². The third-order valence-corrected chi connectivity index (χ3v) is 8.67. The van der Waals surface area contributed by atoms with Gasteiger partial charge in [0.15, 0.2) is 0 Å². The Balaban J connectivity index is 0.978. The van der Waals surface area contributed by atoms with Crippen LogP contribution in [0.4, 0.5) is 10.1 Å². The van der Waals surface area contributed by atoms with E-state index in [1.54, 1.807) is 11.0 Å². The number of rotatable bonds is 7. The lowest BCUT2D eigenvalue weighted by molar-refractivity contribution is -0.136. The Morgan fingerprint density at radius 3 is 2.67 bits per heavy atom. The summed E-state index contributed by atoms with van der Waals surface area (Å²) in [6.07, 6.45) is 6.72. The molecule has 2 aliphatic heterocycles. The van der Waals surface area contributed by atoms with Crippen molar-refractivity contribution in [3.05, 3.63) is 64.9 Å². The molecule has 10 heteroatoms. The Labute approximate surface area is 231 Å². The van der Waals surface area contributed by atoms with Gasteiger partial charge in [0.2, 0.25) is 11.8 Å². The molecule has 2 aliphatic carbocycles. The molecule has 40 heavy (non-hydrogen) atoms. The first-order valence-electron chi connectivity index (χ1n) is 14.1. The fraction of sp³-hybridized carbons (Fsp3) is 0.433. The number of carbonyl (C=O) groups excluding carboxylic acids is 3. The average Bonchev–Trinajstić information content (AvgIpc) is 3.58. The number of imide groups is 1. The maximum absolute atomic E-state index is 14.6. The largest absolute Gasteiger partial charge is 0.385 e. The lowest BCUT2D eigenvalue weighted by atomic mass is 9.80. The molecule has 0 unspecified atom stereocenters. The molecule has 9 nitrogen and oxygen atoms in total. The molecular formula is C30H31FN6O3. The zero-order valence-corrected chi connectivity index (χ0v) is 22.3. The minimum absolute atomic E-state index is 0.164. The lowest BCUT2D eigenvalue weighted by Crippen LogP contribution is -2.52. The highest BCUT2D eigenvalue weighted by atomic mass is 19.1. The van der Waals surface area contributed by atoms with Crippen molar-refractivity contribution >= 4 is 23.4 Å². The van der Waals surface area contributed by atoms with Gasteiger partial charge in [-0.3, -0.25) is 24.4 Å². The van der Waals surface area contributed by atoms with Crippen LogP contribution < -0.4 is 10.6 Å². The number of pyridine rings is 1. The number of piperidine rings is 1. The smallest absolute Gasteiger partial charge is 0.255 e. The molecule has 4 aliphatic rings. The van der Waals surface area contributed by atoms with E-state index in [0.717, 1.165) is 60.4 Å². The SMILES string of the molecule is Cc1ccc(F)c(-c2cn([C@H]3C[C@H](CNc4ccc5c(c4)CN([C@H]4CCC(=O)NC4=O)C5=O)C3)nc2C2CC2)n1. The van der Waals surface area contributed by atoms with Crippen LogP contribution in [-0.2, 0) is 16.1 Å². The van der Waals surface area contributed by atoms with E-state index in [9.17, 15) is 18.8 Å². The number of nitrogens with one attached hydrogen (secondary N) is 2. The number of aromatic nitrogens is 3. The maximum atomic E-state index is 14.6. The molecule has 1 saturated heterocycles. The third kappa shape index (κ3) is 4.45. The molecule has 2 N–H and O–H groups in total. The molecule has 3 fully saturated rings. The molecule has 0 bridgehead atoms. The van der Waals surface area contributed by atoms with E-state index in [1.807, 2.05) is 36.0 Å². The molecule has 0 radical (unpaired) electrons. The summed E-state index contributed by atoms with van der Waals surface area (Å²) in [6.45, 7) is 3.04. The maximum Gasteiger partial charge on any atom is 0.255 e. The van der Waals surface area contributed by atoms with Crippen molar-refractivity contribution in [2.24, 2.45) is 5.92 Å². The number of hydrogen-bond acceptors (Lipinski definition) is 6. The highest BCUT2D eigenvalue weighted by Crippen LogP contribution is 2.46. The Morgan fingerprint density at radius 1 is 1.07 bits per heavy atom. The molecular weight excluding hydrogens is 511 g/mol. The summed E-state index contributed by atoms with van der Waals surface area (Å²) in [5.74, 6) is -0.284. The van der Waals surface area contributed by atoms with Gasteiger partial charge in [-0.15, -0.1) is 0 Å².